The zero-order chi connectivity index (χ0) is 16.4. The van der Waals surface area contributed by atoms with E-state index in [1.807, 2.05) is 0 Å². The molecule has 1 aromatic carbocycles. The Kier molecular flexibility index (Phi) is 7.19. The lowest BCUT2D eigenvalue weighted by Crippen LogP contribution is -2.18. The van der Waals surface area contributed by atoms with Gasteiger partial charge in [-0.2, -0.15) is 0 Å². The summed E-state index contributed by atoms with van der Waals surface area (Å²) in [6.45, 7) is 6.91. The van der Waals surface area contributed by atoms with Gasteiger partial charge in [-0.15, -0.1) is 0 Å². The lowest BCUT2D eigenvalue weighted by atomic mass is 10.1. The van der Waals surface area contributed by atoms with Crippen molar-refractivity contribution in [2.24, 2.45) is 0 Å². The van der Waals surface area contributed by atoms with Gasteiger partial charge in [-0.1, -0.05) is 37.4 Å². The van der Waals surface area contributed by atoms with Gasteiger partial charge in [-0.25, -0.2) is 9.59 Å². The Balaban J connectivity index is 3.02. The molecule has 5 heteroatoms. The van der Waals surface area contributed by atoms with Crippen molar-refractivity contribution < 1.29 is 23.8 Å². The van der Waals surface area contributed by atoms with Crippen LogP contribution in [0.1, 0.15) is 5.56 Å². The van der Waals surface area contributed by atoms with Gasteiger partial charge in [0.1, 0.15) is 24.5 Å². The fraction of sp³-hybridized carbons (Fsp3) is 0.176. The molecule has 0 spiro atoms. The van der Waals surface area contributed by atoms with Crippen LogP contribution in [-0.4, -0.2) is 32.3 Å². The van der Waals surface area contributed by atoms with Crippen molar-refractivity contribution in [1.82, 2.24) is 0 Å². The first-order valence-corrected chi connectivity index (χ1v) is 6.54. The van der Waals surface area contributed by atoms with E-state index in [0.717, 1.165) is 0 Å². The lowest BCUT2D eigenvalue weighted by Gasteiger charge is -2.07. The van der Waals surface area contributed by atoms with E-state index >= 15 is 0 Å². The Hall–Kier alpha value is -2.82. The predicted octanol–water partition coefficient (Wildman–Crippen LogP) is 2.54. The van der Waals surface area contributed by atoms with Crippen LogP contribution in [0.25, 0.3) is 6.08 Å². The molecule has 0 radical (unpaired) electrons. The molecule has 0 heterocycles. The van der Waals surface area contributed by atoms with E-state index in [1.165, 1.54) is 18.2 Å². The molecule has 0 aliphatic rings. The minimum Gasteiger partial charge on any atom is -0.497 e. The second-order valence-electron chi connectivity index (χ2n) is 4.11. The first kappa shape index (κ1) is 17.2. The van der Waals surface area contributed by atoms with Gasteiger partial charge >= 0.3 is 11.9 Å². The summed E-state index contributed by atoms with van der Waals surface area (Å²) in [5.74, 6) is -0.878. The number of carbonyl (C=O) groups is 2. The summed E-state index contributed by atoms with van der Waals surface area (Å²) in [6.07, 6.45) is 4.23. The Bertz CT molecular complexity index is 543. The van der Waals surface area contributed by atoms with E-state index in [4.69, 9.17) is 14.2 Å². The van der Waals surface area contributed by atoms with Gasteiger partial charge in [-0.05, 0) is 23.8 Å². The molecule has 0 aliphatic carbocycles. The molecule has 0 N–H and O–H groups in total. The Morgan fingerprint density at radius 2 is 1.50 bits per heavy atom. The third-order valence-electron chi connectivity index (χ3n) is 2.53. The highest BCUT2D eigenvalue weighted by molar-refractivity contribution is 6.17. The van der Waals surface area contributed by atoms with Crippen molar-refractivity contribution in [2.45, 2.75) is 0 Å². The van der Waals surface area contributed by atoms with Gasteiger partial charge in [-0.3, -0.25) is 0 Å². The summed E-state index contributed by atoms with van der Waals surface area (Å²) >= 11 is 0. The summed E-state index contributed by atoms with van der Waals surface area (Å²) in [6, 6.07) is 6.85. The number of rotatable bonds is 8. The molecule has 116 valence electrons. The first-order chi connectivity index (χ1) is 10.6. The van der Waals surface area contributed by atoms with Crippen LogP contribution in [-0.2, 0) is 19.1 Å². The smallest absolute Gasteiger partial charge is 0.345 e. The van der Waals surface area contributed by atoms with Crippen LogP contribution in [0.15, 0.2) is 55.1 Å². The molecular weight excluding hydrogens is 284 g/mol. The maximum atomic E-state index is 11.9. The minimum absolute atomic E-state index is 0.00746. The molecule has 0 saturated carbocycles. The van der Waals surface area contributed by atoms with Crippen molar-refractivity contribution in [3.8, 4) is 5.75 Å². The molecule has 0 unspecified atom stereocenters. The standard InChI is InChI=1S/C17H18O5/c1-4-10-21-16(18)15(17(19)22-11-5-2)12-13-6-8-14(20-3)9-7-13/h4-9,12H,1-2,10-11H2,3H3. The molecule has 0 bridgehead atoms. The van der Waals surface area contributed by atoms with Crippen LogP contribution in [0.5, 0.6) is 5.75 Å². The zero-order valence-corrected chi connectivity index (χ0v) is 12.4. The van der Waals surface area contributed by atoms with Crippen LogP contribution < -0.4 is 4.74 Å². The third kappa shape index (κ3) is 5.28. The highest BCUT2D eigenvalue weighted by atomic mass is 16.6. The molecule has 5 nitrogen and oxygen atoms in total. The summed E-state index contributed by atoms with van der Waals surface area (Å²) in [7, 11) is 1.55. The van der Waals surface area contributed by atoms with E-state index in [1.54, 1.807) is 31.4 Å². The molecule has 0 aliphatic heterocycles. The van der Waals surface area contributed by atoms with E-state index in [0.29, 0.717) is 11.3 Å². The van der Waals surface area contributed by atoms with E-state index in [-0.39, 0.29) is 18.8 Å². The summed E-state index contributed by atoms with van der Waals surface area (Å²) < 4.78 is 14.8. The van der Waals surface area contributed by atoms with Crippen molar-refractivity contribution in [3.63, 3.8) is 0 Å². The van der Waals surface area contributed by atoms with Crippen molar-refractivity contribution in [1.29, 1.82) is 0 Å². The second-order valence-corrected chi connectivity index (χ2v) is 4.11. The number of hydrogen-bond acceptors (Lipinski definition) is 5. The number of methoxy groups -OCH3 is 1. The van der Waals surface area contributed by atoms with Crippen LogP contribution in [0.2, 0.25) is 0 Å². The van der Waals surface area contributed by atoms with Crippen LogP contribution >= 0.6 is 0 Å². The van der Waals surface area contributed by atoms with Gasteiger partial charge in [0, 0.05) is 0 Å². The zero-order valence-electron chi connectivity index (χ0n) is 12.4. The largest absolute Gasteiger partial charge is 0.497 e. The maximum Gasteiger partial charge on any atom is 0.345 e. The first-order valence-electron chi connectivity index (χ1n) is 6.54. The number of esters is 2. The normalized spacial score (nSPS) is 9.32. The minimum atomic E-state index is -0.773. The fourth-order valence-electron chi connectivity index (χ4n) is 1.49. The average Bonchev–Trinajstić information content (AvgIpc) is 2.55. The molecule has 0 atom stereocenters. The molecule has 22 heavy (non-hydrogen) atoms. The van der Waals surface area contributed by atoms with E-state index < -0.39 is 11.9 Å². The highest BCUT2D eigenvalue weighted by Gasteiger charge is 2.21. The van der Waals surface area contributed by atoms with Gasteiger partial charge < -0.3 is 14.2 Å². The summed E-state index contributed by atoms with van der Waals surface area (Å²) in [4.78, 5) is 23.9. The van der Waals surface area contributed by atoms with Gasteiger partial charge in [0.25, 0.3) is 0 Å². The number of hydrogen-bond donors (Lipinski definition) is 0. The molecular formula is C17H18O5. The van der Waals surface area contributed by atoms with Crippen molar-refractivity contribution in [3.05, 3.63) is 60.7 Å². The SMILES string of the molecule is C=CCOC(=O)C(=Cc1ccc(OC)cc1)C(=O)OCC=C. The number of benzene rings is 1. The molecule has 1 rings (SSSR count). The van der Waals surface area contributed by atoms with Crippen molar-refractivity contribution in [2.75, 3.05) is 20.3 Å². The molecule has 0 fully saturated rings. The summed E-state index contributed by atoms with van der Waals surface area (Å²) in [5, 5.41) is 0. The van der Waals surface area contributed by atoms with Crippen LogP contribution in [0.3, 0.4) is 0 Å². The van der Waals surface area contributed by atoms with Crippen LogP contribution in [0.4, 0.5) is 0 Å². The second kappa shape index (κ2) is 9.18. The molecule has 0 saturated heterocycles. The van der Waals surface area contributed by atoms with Gasteiger partial charge in [0.2, 0.25) is 0 Å². The summed E-state index contributed by atoms with van der Waals surface area (Å²) in [5.41, 5.74) is 0.441. The van der Waals surface area contributed by atoms with Crippen LogP contribution in [0, 0.1) is 0 Å². The van der Waals surface area contributed by atoms with Gasteiger partial charge in [0.05, 0.1) is 7.11 Å². The third-order valence-corrected chi connectivity index (χ3v) is 2.53. The molecule has 1 aromatic rings. The number of ether oxygens (including phenoxy) is 3. The fourth-order valence-corrected chi connectivity index (χ4v) is 1.49. The van der Waals surface area contributed by atoms with E-state index in [2.05, 4.69) is 13.2 Å². The average molecular weight is 302 g/mol. The maximum absolute atomic E-state index is 11.9. The lowest BCUT2D eigenvalue weighted by molar-refractivity contribution is -0.145. The Labute approximate surface area is 129 Å². The predicted molar refractivity (Wildman–Crippen MR) is 83.3 cm³/mol. The Morgan fingerprint density at radius 3 is 1.91 bits per heavy atom. The van der Waals surface area contributed by atoms with Gasteiger partial charge in [0.15, 0.2) is 0 Å². The molecule has 0 amide bonds. The highest BCUT2D eigenvalue weighted by Crippen LogP contribution is 2.15. The Morgan fingerprint density at radius 1 is 1.00 bits per heavy atom. The molecule has 0 aromatic heterocycles. The van der Waals surface area contributed by atoms with E-state index in [9.17, 15) is 9.59 Å². The monoisotopic (exact) mass is 302 g/mol. The number of carbonyl (C=O) groups excluding carboxylic acids is 2. The van der Waals surface area contributed by atoms with Crippen molar-refractivity contribution >= 4 is 18.0 Å². The topological polar surface area (TPSA) is 61.8 Å². The quantitative estimate of drug-likeness (QED) is 0.243.